The summed E-state index contributed by atoms with van der Waals surface area (Å²) in [4.78, 5) is 1.98. The summed E-state index contributed by atoms with van der Waals surface area (Å²) in [6.45, 7) is 4.04. The molecule has 2 N–H and O–H groups in total. The highest BCUT2D eigenvalue weighted by molar-refractivity contribution is 9.10. The maximum Gasteiger partial charge on any atom is 0.161 e. The molecule has 2 nitrogen and oxygen atoms in total. The van der Waals surface area contributed by atoms with E-state index in [0.29, 0.717) is 15.7 Å². The molecule has 0 atom stereocenters. The maximum absolute atomic E-state index is 14.6. The lowest BCUT2D eigenvalue weighted by Crippen LogP contribution is -2.15. The van der Waals surface area contributed by atoms with Crippen LogP contribution in [0.4, 0.5) is 15.8 Å². The Kier molecular flexibility index (Phi) is 4.64. The Morgan fingerprint density at radius 1 is 1.19 bits per heavy atom. The van der Waals surface area contributed by atoms with Crippen molar-refractivity contribution in [3.05, 3.63) is 57.3 Å². The lowest BCUT2D eigenvalue weighted by atomic mass is 10.1. The third-order valence-corrected chi connectivity index (χ3v) is 4.28. The molecule has 0 spiro atoms. The van der Waals surface area contributed by atoms with Gasteiger partial charge in [0.15, 0.2) is 5.82 Å². The number of thiocarbonyl (C=S) groups is 1. The van der Waals surface area contributed by atoms with E-state index in [0.717, 1.165) is 16.8 Å². The van der Waals surface area contributed by atoms with Gasteiger partial charge >= 0.3 is 0 Å². The third-order valence-electron chi connectivity index (χ3n) is 3.28. The Labute approximate surface area is 137 Å². The van der Waals surface area contributed by atoms with Crippen molar-refractivity contribution in [2.75, 3.05) is 11.9 Å². The molecule has 5 heteroatoms. The predicted octanol–water partition coefficient (Wildman–Crippen LogP) is 4.61. The minimum absolute atomic E-state index is 0.168. The summed E-state index contributed by atoms with van der Waals surface area (Å²) in [6, 6.07) is 9.53. The van der Waals surface area contributed by atoms with Crippen molar-refractivity contribution in [1.82, 2.24) is 0 Å². The van der Waals surface area contributed by atoms with Crippen LogP contribution in [-0.4, -0.2) is 12.0 Å². The van der Waals surface area contributed by atoms with E-state index in [1.165, 1.54) is 0 Å². The lowest BCUT2D eigenvalue weighted by Gasteiger charge is -2.22. The highest BCUT2D eigenvalue weighted by atomic mass is 79.9. The van der Waals surface area contributed by atoms with E-state index in [-0.39, 0.29) is 10.8 Å². The molecular weight excluding hydrogens is 351 g/mol. The normalized spacial score (nSPS) is 10.5. The SMILES string of the molecule is Cc1cc(C)cc(N(C)c2ccc(C(N)=S)c(Br)c2F)c1. The second kappa shape index (κ2) is 6.12. The van der Waals surface area contributed by atoms with Gasteiger partial charge in [-0.3, -0.25) is 0 Å². The fourth-order valence-electron chi connectivity index (χ4n) is 2.27. The average molecular weight is 367 g/mol. The first-order valence-corrected chi connectivity index (χ1v) is 7.61. The van der Waals surface area contributed by atoms with Crippen LogP contribution in [0.5, 0.6) is 0 Å². The first kappa shape index (κ1) is 15.9. The fourth-order valence-corrected chi connectivity index (χ4v) is 3.12. The van der Waals surface area contributed by atoms with E-state index in [4.69, 9.17) is 18.0 Å². The number of nitrogens with zero attached hydrogens (tertiary/aromatic N) is 1. The van der Waals surface area contributed by atoms with E-state index >= 15 is 0 Å². The van der Waals surface area contributed by atoms with Crippen molar-refractivity contribution in [3.63, 3.8) is 0 Å². The van der Waals surface area contributed by atoms with Crippen LogP contribution < -0.4 is 10.6 Å². The van der Waals surface area contributed by atoms with Gasteiger partial charge in [-0.1, -0.05) is 18.3 Å². The minimum Gasteiger partial charge on any atom is -0.389 e. The third kappa shape index (κ3) is 3.24. The standard InChI is InChI=1S/C16H16BrFN2S/c1-9-6-10(2)8-11(7-9)20(3)13-5-4-12(16(19)21)14(17)15(13)18/h4-8H,1-3H3,(H2,19,21). The summed E-state index contributed by atoms with van der Waals surface area (Å²) < 4.78 is 14.9. The first-order chi connectivity index (χ1) is 9.81. The average Bonchev–Trinajstić information content (AvgIpc) is 2.39. The van der Waals surface area contributed by atoms with Crippen LogP contribution in [0.2, 0.25) is 0 Å². The summed E-state index contributed by atoms with van der Waals surface area (Å²) in [7, 11) is 1.83. The second-order valence-corrected chi connectivity index (χ2v) is 6.26. The number of benzene rings is 2. The highest BCUT2D eigenvalue weighted by Gasteiger charge is 2.16. The Hall–Kier alpha value is -1.46. The smallest absolute Gasteiger partial charge is 0.161 e. The Morgan fingerprint density at radius 3 is 2.29 bits per heavy atom. The zero-order valence-corrected chi connectivity index (χ0v) is 14.5. The second-order valence-electron chi connectivity index (χ2n) is 5.03. The van der Waals surface area contributed by atoms with Crippen LogP contribution in [0.15, 0.2) is 34.8 Å². The highest BCUT2D eigenvalue weighted by Crippen LogP contribution is 2.33. The number of anilines is 2. The van der Waals surface area contributed by atoms with Gasteiger partial charge in [-0.2, -0.15) is 0 Å². The van der Waals surface area contributed by atoms with Gasteiger partial charge in [-0.15, -0.1) is 0 Å². The lowest BCUT2D eigenvalue weighted by molar-refractivity contribution is 0.620. The van der Waals surface area contributed by atoms with Gasteiger partial charge in [0.25, 0.3) is 0 Å². The van der Waals surface area contributed by atoms with Gasteiger partial charge in [-0.05, 0) is 65.2 Å². The van der Waals surface area contributed by atoms with Crippen LogP contribution in [-0.2, 0) is 0 Å². The van der Waals surface area contributed by atoms with E-state index in [2.05, 4.69) is 22.0 Å². The van der Waals surface area contributed by atoms with Gasteiger partial charge in [0, 0.05) is 18.3 Å². The molecule has 0 saturated carbocycles. The first-order valence-electron chi connectivity index (χ1n) is 6.41. The van der Waals surface area contributed by atoms with Gasteiger partial charge in [0.2, 0.25) is 0 Å². The molecule has 21 heavy (non-hydrogen) atoms. The number of hydrogen-bond donors (Lipinski definition) is 1. The number of nitrogens with two attached hydrogens (primary N) is 1. The maximum atomic E-state index is 14.6. The number of halogens is 2. The fraction of sp³-hybridized carbons (Fsp3) is 0.188. The molecule has 0 fully saturated rings. The van der Waals surface area contributed by atoms with Gasteiger partial charge in [0.05, 0.1) is 10.2 Å². The van der Waals surface area contributed by atoms with Crippen LogP contribution in [0, 0.1) is 19.7 Å². The van der Waals surface area contributed by atoms with Crippen molar-refractivity contribution in [2.45, 2.75) is 13.8 Å². The van der Waals surface area contributed by atoms with E-state index < -0.39 is 0 Å². The molecule has 2 rings (SSSR count). The van der Waals surface area contributed by atoms with E-state index in [1.807, 2.05) is 37.9 Å². The van der Waals surface area contributed by atoms with Gasteiger partial charge in [-0.25, -0.2) is 4.39 Å². The zero-order chi connectivity index (χ0) is 15.7. The topological polar surface area (TPSA) is 29.3 Å². The summed E-state index contributed by atoms with van der Waals surface area (Å²) in [5, 5.41) is 0. The molecule has 2 aromatic carbocycles. The molecule has 0 radical (unpaired) electrons. The molecular formula is C16H16BrFN2S. The Bertz CT molecular complexity index is 695. The molecule has 110 valence electrons. The van der Waals surface area contributed by atoms with Crippen molar-refractivity contribution in [1.29, 1.82) is 0 Å². The van der Waals surface area contributed by atoms with Crippen molar-refractivity contribution in [3.8, 4) is 0 Å². The molecule has 2 aromatic rings. The van der Waals surface area contributed by atoms with Crippen LogP contribution in [0.1, 0.15) is 16.7 Å². The molecule has 0 bridgehead atoms. The van der Waals surface area contributed by atoms with Crippen LogP contribution in [0.25, 0.3) is 0 Å². The molecule has 0 amide bonds. The quantitative estimate of drug-likeness (QED) is 0.804. The molecule has 0 aliphatic rings. The largest absolute Gasteiger partial charge is 0.389 e. The van der Waals surface area contributed by atoms with Gasteiger partial charge < -0.3 is 10.6 Å². The van der Waals surface area contributed by atoms with Crippen LogP contribution in [0.3, 0.4) is 0 Å². The summed E-state index contributed by atoms with van der Waals surface area (Å²) >= 11 is 8.15. The molecule has 0 unspecified atom stereocenters. The minimum atomic E-state index is -0.373. The summed E-state index contributed by atoms with van der Waals surface area (Å²) in [5.41, 5.74) is 9.75. The van der Waals surface area contributed by atoms with Crippen LogP contribution >= 0.6 is 28.1 Å². The Balaban J connectivity index is 2.51. The molecule has 0 heterocycles. The van der Waals surface area contributed by atoms with Crippen molar-refractivity contribution < 1.29 is 4.39 Å². The molecule has 0 aromatic heterocycles. The zero-order valence-electron chi connectivity index (χ0n) is 12.1. The van der Waals surface area contributed by atoms with Gasteiger partial charge in [0.1, 0.15) is 4.99 Å². The molecule has 0 saturated heterocycles. The summed E-state index contributed by atoms with van der Waals surface area (Å²) in [6.07, 6.45) is 0. The van der Waals surface area contributed by atoms with Crippen molar-refractivity contribution in [2.24, 2.45) is 5.73 Å². The van der Waals surface area contributed by atoms with E-state index in [9.17, 15) is 4.39 Å². The summed E-state index contributed by atoms with van der Waals surface area (Å²) in [5.74, 6) is -0.373. The Morgan fingerprint density at radius 2 is 1.76 bits per heavy atom. The molecule has 0 aliphatic carbocycles. The predicted molar refractivity (Wildman–Crippen MR) is 94.0 cm³/mol. The molecule has 0 aliphatic heterocycles. The van der Waals surface area contributed by atoms with E-state index in [1.54, 1.807) is 12.1 Å². The number of rotatable bonds is 3. The number of aryl methyl sites for hydroxylation is 2. The van der Waals surface area contributed by atoms with Crippen molar-refractivity contribution >= 4 is 44.5 Å². The number of hydrogen-bond acceptors (Lipinski definition) is 2. The monoisotopic (exact) mass is 366 g/mol.